The van der Waals surface area contributed by atoms with Crippen LogP contribution in [0.1, 0.15) is 44.0 Å². The summed E-state index contributed by atoms with van der Waals surface area (Å²) in [7, 11) is 1.63. The van der Waals surface area contributed by atoms with E-state index in [2.05, 4.69) is 46.1 Å². The number of pyridine rings is 1. The standard InChI is InChI=1S/C27H36N6O3/c1-5-29-27(34)20-12-22-25(23(13-20)35-4)32(16-21-15-28-10-11-36-21)26(31-22)19-8-9-24(30-14-19)33-17(2)6-7-18(33)3/h8-9,12-14,17-18,21,28H,5-7,10-11,15-16H2,1-4H3,(H,29,34)/t17-,18-,21-/m0/s1. The number of morpholine rings is 1. The van der Waals surface area contributed by atoms with E-state index in [0.717, 1.165) is 35.8 Å². The molecule has 3 aromatic rings. The first kappa shape index (κ1) is 24.5. The van der Waals surface area contributed by atoms with Crippen LogP contribution in [0.5, 0.6) is 5.75 Å². The molecule has 5 rings (SSSR count). The van der Waals surface area contributed by atoms with Gasteiger partial charge in [0.05, 0.1) is 31.9 Å². The van der Waals surface area contributed by atoms with Gasteiger partial charge in [-0.2, -0.15) is 0 Å². The third-order valence-corrected chi connectivity index (χ3v) is 7.24. The molecule has 0 radical (unpaired) electrons. The van der Waals surface area contributed by atoms with E-state index in [0.29, 0.717) is 48.6 Å². The van der Waals surface area contributed by atoms with E-state index in [-0.39, 0.29) is 12.0 Å². The van der Waals surface area contributed by atoms with Crippen LogP contribution >= 0.6 is 0 Å². The number of imidazole rings is 1. The van der Waals surface area contributed by atoms with E-state index >= 15 is 0 Å². The number of rotatable bonds is 7. The van der Waals surface area contributed by atoms with E-state index in [1.165, 1.54) is 12.8 Å². The number of benzene rings is 1. The largest absolute Gasteiger partial charge is 0.494 e. The van der Waals surface area contributed by atoms with Crippen molar-refractivity contribution in [2.45, 2.75) is 58.3 Å². The molecule has 0 saturated carbocycles. The van der Waals surface area contributed by atoms with Crippen molar-refractivity contribution in [3.05, 3.63) is 36.0 Å². The van der Waals surface area contributed by atoms with Crippen molar-refractivity contribution in [1.29, 1.82) is 0 Å². The first-order valence-electron chi connectivity index (χ1n) is 12.9. The number of methoxy groups -OCH3 is 1. The van der Waals surface area contributed by atoms with Crippen molar-refractivity contribution in [1.82, 2.24) is 25.2 Å². The van der Waals surface area contributed by atoms with Crippen LogP contribution in [0.25, 0.3) is 22.4 Å². The Morgan fingerprint density at radius 1 is 1.25 bits per heavy atom. The van der Waals surface area contributed by atoms with Crippen molar-refractivity contribution < 1.29 is 14.3 Å². The van der Waals surface area contributed by atoms with Crippen LogP contribution in [-0.2, 0) is 11.3 Å². The van der Waals surface area contributed by atoms with Crippen LogP contribution in [0.2, 0.25) is 0 Å². The molecule has 9 nitrogen and oxygen atoms in total. The maximum absolute atomic E-state index is 12.6. The molecule has 2 aliphatic rings. The molecule has 4 heterocycles. The van der Waals surface area contributed by atoms with Gasteiger partial charge in [-0.3, -0.25) is 4.79 Å². The second-order valence-corrected chi connectivity index (χ2v) is 9.74. The van der Waals surface area contributed by atoms with Gasteiger partial charge in [0, 0.05) is 49.0 Å². The SMILES string of the molecule is CCNC(=O)c1cc(OC)c2c(c1)nc(-c1ccc(N3[C@@H](C)CC[C@@H]3C)nc1)n2C[C@@H]1CNCCO1. The zero-order valence-corrected chi connectivity index (χ0v) is 21.6. The highest BCUT2D eigenvalue weighted by Gasteiger charge is 2.29. The van der Waals surface area contributed by atoms with Gasteiger partial charge in [0.1, 0.15) is 22.9 Å². The number of anilines is 1. The maximum atomic E-state index is 12.6. The van der Waals surface area contributed by atoms with E-state index in [9.17, 15) is 4.79 Å². The Bertz CT molecular complexity index is 1210. The predicted molar refractivity (Wildman–Crippen MR) is 141 cm³/mol. The van der Waals surface area contributed by atoms with Gasteiger partial charge in [-0.25, -0.2) is 9.97 Å². The smallest absolute Gasteiger partial charge is 0.251 e. The fourth-order valence-corrected chi connectivity index (χ4v) is 5.44. The molecule has 2 fully saturated rings. The quantitative estimate of drug-likeness (QED) is 0.523. The molecule has 3 atom stereocenters. The third-order valence-electron chi connectivity index (χ3n) is 7.24. The molecule has 192 valence electrons. The molecule has 2 saturated heterocycles. The maximum Gasteiger partial charge on any atom is 0.251 e. The normalized spacial score (nSPS) is 22.2. The average molecular weight is 493 g/mol. The van der Waals surface area contributed by atoms with E-state index < -0.39 is 0 Å². The van der Waals surface area contributed by atoms with Crippen LogP contribution in [-0.4, -0.2) is 72.0 Å². The Morgan fingerprint density at radius 3 is 2.69 bits per heavy atom. The minimum absolute atomic E-state index is 0.00111. The fraction of sp³-hybridized carbons (Fsp3) is 0.519. The number of nitrogens with one attached hydrogen (secondary N) is 2. The monoisotopic (exact) mass is 492 g/mol. The van der Waals surface area contributed by atoms with Crippen LogP contribution in [0.15, 0.2) is 30.5 Å². The summed E-state index contributed by atoms with van der Waals surface area (Å²) in [5.41, 5.74) is 3.00. The van der Waals surface area contributed by atoms with Gasteiger partial charge in [-0.05, 0) is 57.9 Å². The minimum atomic E-state index is -0.145. The highest BCUT2D eigenvalue weighted by atomic mass is 16.5. The molecule has 0 spiro atoms. The number of aromatic nitrogens is 3. The lowest BCUT2D eigenvalue weighted by Gasteiger charge is -2.27. The number of carbonyl (C=O) groups excluding carboxylic acids is 1. The lowest BCUT2D eigenvalue weighted by Crippen LogP contribution is -2.40. The van der Waals surface area contributed by atoms with Crippen LogP contribution < -0.4 is 20.3 Å². The molecule has 1 amide bonds. The number of amides is 1. The van der Waals surface area contributed by atoms with Gasteiger partial charge in [-0.15, -0.1) is 0 Å². The van der Waals surface area contributed by atoms with Crippen LogP contribution in [0.4, 0.5) is 5.82 Å². The second kappa shape index (κ2) is 10.4. The molecule has 2 aromatic heterocycles. The predicted octanol–water partition coefficient (Wildman–Crippen LogP) is 3.22. The minimum Gasteiger partial charge on any atom is -0.494 e. The Kier molecular flexibility index (Phi) is 7.11. The van der Waals surface area contributed by atoms with E-state index in [4.69, 9.17) is 19.4 Å². The molecule has 0 aliphatic carbocycles. The van der Waals surface area contributed by atoms with Crippen LogP contribution in [0, 0.1) is 0 Å². The van der Waals surface area contributed by atoms with Gasteiger partial charge in [-0.1, -0.05) is 0 Å². The molecule has 1 aromatic carbocycles. The number of carbonyl (C=O) groups is 1. The highest BCUT2D eigenvalue weighted by Crippen LogP contribution is 2.34. The number of nitrogens with zero attached hydrogens (tertiary/aromatic N) is 4. The summed E-state index contributed by atoms with van der Waals surface area (Å²) in [6, 6.07) is 8.76. The molecule has 0 unspecified atom stereocenters. The summed E-state index contributed by atoms with van der Waals surface area (Å²) >= 11 is 0. The number of fused-ring (bicyclic) bond motifs is 1. The lowest BCUT2D eigenvalue weighted by atomic mass is 10.1. The Morgan fingerprint density at radius 2 is 2.06 bits per heavy atom. The van der Waals surface area contributed by atoms with Crippen molar-refractivity contribution in [3.63, 3.8) is 0 Å². The molecule has 9 heteroatoms. The molecule has 36 heavy (non-hydrogen) atoms. The Balaban J connectivity index is 1.59. The summed E-state index contributed by atoms with van der Waals surface area (Å²) in [4.78, 5) is 24.8. The van der Waals surface area contributed by atoms with E-state index in [1.54, 1.807) is 13.2 Å². The molecule has 2 aliphatic heterocycles. The molecule has 0 bridgehead atoms. The zero-order chi connectivity index (χ0) is 25.2. The summed E-state index contributed by atoms with van der Waals surface area (Å²) in [6.45, 7) is 9.87. The average Bonchev–Trinajstić information content (AvgIpc) is 3.43. The van der Waals surface area contributed by atoms with Crippen molar-refractivity contribution in [2.75, 3.05) is 38.3 Å². The third kappa shape index (κ3) is 4.65. The molecule has 2 N–H and O–H groups in total. The number of hydrogen-bond acceptors (Lipinski definition) is 7. The molecular weight excluding hydrogens is 456 g/mol. The second-order valence-electron chi connectivity index (χ2n) is 9.74. The highest BCUT2D eigenvalue weighted by molar-refractivity contribution is 6.00. The summed E-state index contributed by atoms with van der Waals surface area (Å²) in [5.74, 6) is 2.25. The number of ether oxygens (including phenoxy) is 2. The van der Waals surface area contributed by atoms with E-state index in [1.807, 2.05) is 19.2 Å². The first-order chi connectivity index (χ1) is 17.5. The lowest BCUT2D eigenvalue weighted by molar-refractivity contribution is 0.0191. The van der Waals surface area contributed by atoms with Gasteiger partial charge in [0.15, 0.2) is 0 Å². The van der Waals surface area contributed by atoms with Crippen molar-refractivity contribution in [3.8, 4) is 17.1 Å². The summed E-state index contributed by atoms with van der Waals surface area (Å²) in [5, 5.41) is 6.27. The number of hydrogen-bond donors (Lipinski definition) is 2. The summed E-state index contributed by atoms with van der Waals surface area (Å²) in [6.07, 6.45) is 4.27. The Labute approximate surface area is 212 Å². The van der Waals surface area contributed by atoms with Gasteiger partial charge in [0.2, 0.25) is 0 Å². The van der Waals surface area contributed by atoms with Crippen molar-refractivity contribution in [2.24, 2.45) is 0 Å². The first-order valence-corrected chi connectivity index (χ1v) is 12.9. The van der Waals surface area contributed by atoms with Gasteiger partial charge >= 0.3 is 0 Å². The van der Waals surface area contributed by atoms with Gasteiger partial charge in [0.25, 0.3) is 5.91 Å². The zero-order valence-electron chi connectivity index (χ0n) is 21.6. The van der Waals surface area contributed by atoms with Crippen LogP contribution in [0.3, 0.4) is 0 Å². The Hall–Kier alpha value is -3.17. The fourth-order valence-electron chi connectivity index (χ4n) is 5.44. The molecular formula is C27H36N6O3. The summed E-state index contributed by atoms with van der Waals surface area (Å²) < 4.78 is 13.9. The van der Waals surface area contributed by atoms with Gasteiger partial charge < -0.3 is 29.6 Å². The van der Waals surface area contributed by atoms with Crippen molar-refractivity contribution >= 4 is 22.8 Å². The topological polar surface area (TPSA) is 93.5 Å².